The summed E-state index contributed by atoms with van der Waals surface area (Å²) < 4.78 is 33.2. The van der Waals surface area contributed by atoms with E-state index in [1.807, 2.05) is 13.8 Å². The molecule has 0 spiro atoms. The van der Waals surface area contributed by atoms with Gasteiger partial charge in [0.2, 0.25) is 10.0 Å². The third kappa shape index (κ3) is 3.97. The minimum Gasteiger partial charge on any atom is -0.373 e. The molecule has 1 saturated carbocycles. The summed E-state index contributed by atoms with van der Waals surface area (Å²) in [5, 5.41) is 0. The highest BCUT2D eigenvalue weighted by Crippen LogP contribution is 2.40. The Morgan fingerprint density at radius 2 is 1.62 bits per heavy atom. The Kier molecular flexibility index (Phi) is 5.75. The predicted molar refractivity (Wildman–Crippen MR) is 111 cm³/mol. The van der Waals surface area contributed by atoms with Gasteiger partial charge in [0.15, 0.2) is 0 Å². The molecule has 0 radical (unpaired) electrons. The summed E-state index contributed by atoms with van der Waals surface area (Å²) in [7, 11) is -3.59. The van der Waals surface area contributed by atoms with Crippen LogP contribution in [0, 0.1) is 5.92 Å². The van der Waals surface area contributed by atoms with Gasteiger partial charge < -0.3 is 9.64 Å². The van der Waals surface area contributed by atoms with Gasteiger partial charge in [0.25, 0.3) is 5.91 Å². The molecule has 0 aromatic heterocycles. The summed E-state index contributed by atoms with van der Waals surface area (Å²) in [6.45, 7) is 6.60. The molecule has 7 heteroatoms. The molecule has 0 N–H and O–H groups in total. The Morgan fingerprint density at radius 3 is 2.28 bits per heavy atom. The molecule has 2 saturated heterocycles. The first-order valence-corrected chi connectivity index (χ1v) is 12.3. The van der Waals surface area contributed by atoms with Gasteiger partial charge in [-0.3, -0.25) is 4.79 Å². The van der Waals surface area contributed by atoms with Crippen LogP contribution >= 0.6 is 0 Å². The summed E-state index contributed by atoms with van der Waals surface area (Å²) in [4.78, 5) is 15.5. The van der Waals surface area contributed by atoms with Gasteiger partial charge in [-0.15, -0.1) is 0 Å². The molecule has 3 aliphatic rings. The molecule has 0 bridgehead atoms. The van der Waals surface area contributed by atoms with E-state index in [0.717, 1.165) is 12.8 Å². The lowest BCUT2D eigenvalue weighted by atomic mass is 9.85. The van der Waals surface area contributed by atoms with Gasteiger partial charge in [-0.05, 0) is 70.2 Å². The van der Waals surface area contributed by atoms with Gasteiger partial charge in [-0.2, -0.15) is 4.31 Å². The van der Waals surface area contributed by atoms with E-state index in [4.69, 9.17) is 4.74 Å². The van der Waals surface area contributed by atoms with Crippen molar-refractivity contribution in [3.8, 4) is 0 Å². The SMILES string of the molecule is CC1CN(S(=O)(=O)c2ccc(C(=O)N3C(C)CC4CCCCC43)cc2)CC(C)O1. The lowest BCUT2D eigenvalue weighted by molar-refractivity contribution is -0.0440. The van der Waals surface area contributed by atoms with Crippen LogP contribution in [0.15, 0.2) is 29.2 Å². The van der Waals surface area contributed by atoms with Crippen molar-refractivity contribution in [2.45, 2.75) is 82.1 Å². The van der Waals surface area contributed by atoms with Gasteiger partial charge in [0.05, 0.1) is 17.1 Å². The van der Waals surface area contributed by atoms with Crippen molar-refractivity contribution in [2.24, 2.45) is 5.92 Å². The standard InChI is InChI=1S/C22H32N2O4S/c1-15-12-19-6-4-5-7-21(19)24(15)22(25)18-8-10-20(11-9-18)29(26,27)23-13-16(2)28-17(3)14-23/h8-11,15-17,19,21H,4-7,12-14H2,1-3H3. The molecule has 3 fully saturated rings. The van der Waals surface area contributed by atoms with E-state index >= 15 is 0 Å². The Bertz CT molecular complexity index is 844. The van der Waals surface area contributed by atoms with Crippen molar-refractivity contribution < 1.29 is 17.9 Å². The topological polar surface area (TPSA) is 66.9 Å². The van der Waals surface area contributed by atoms with Crippen LogP contribution in [-0.4, -0.2) is 60.9 Å². The van der Waals surface area contributed by atoms with Crippen molar-refractivity contribution in [3.05, 3.63) is 29.8 Å². The van der Waals surface area contributed by atoms with Gasteiger partial charge in [-0.25, -0.2) is 8.42 Å². The molecule has 5 atom stereocenters. The number of sulfonamides is 1. The summed E-state index contributed by atoms with van der Waals surface area (Å²) in [5.74, 6) is 0.650. The van der Waals surface area contributed by atoms with Crippen LogP contribution in [0.25, 0.3) is 0 Å². The van der Waals surface area contributed by atoms with E-state index in [9.17, 15) is 13.2 Å². The first-order valence-electron chi connectivity index (χ1n) is 10.9. The number of fused-ring (bicyclic) bond motifs is 1. The zero-order chi connectivity index (χ0) is 20.8. The fraction of sp³-hybridized carbons (Fsp3) is 0.682. The largest absolute Gasteiger partial charge is 0.373 e. The van der Waals surface area contributed by atoms with Crippen LogP contribution in [0.5, 0.6) is 0 Å². The summed E-state index contributed by atoms with van der Waals surface area (Å²) >= 11 is 0. The van der Waals surface area contributed by atoms with Gasteiger partial charge >= 0.3 is 0 Å². The smallest absolute Gasteiger partial charge is 0.254 e. The maximum absolute atomic E-state index is 13.2. The fourth-order valence-corrected chi connectivity index (χ4v) is 7.04. The normalized spacial score (nSPS) is 33.5. The van der Waals surface area contributed by atoms with Gasteiger partial charge in [0.1, 0.15) is 0 Å². The number of nitrogens with zero attached hydrogens (tertiary/aromatic N) is 2. The third-order valence-electron chi connectivity index (χ3n) is 6.70. The number of benzene rings is 1. The number of hydrogen-bond acceptors (Lipinski definition) is 4. The number of morpholine rings is 1. The number of likely N-dealkylation sites (tertiary alicyclic amines) is 1. The monoisotopic (exact) mass is 420 g/mol. The Labute approximate surface area is 174 Å². The second kappa shape index (κ2) is 8.00. The summed E-state index contributed by atoms with van der Waals surface area (Å²) in [6, 6.07) is 7.08. The van der Waals surface area contributed by atoms with Gasteiger partial charge in [-0.1, -0.05) is 12.8 Å². The quantitative estimate of drug-likeness (QED) is 0.753. The van der Waals surface area contributed by atoms with Crippen molar-refractivity contribution in [1.82, 2.24) is 9.21 Å². The van der Waals surface area contributed by atoms with E-state index in [2.05, 4.69) is 11.8 Å². The number of amides is 1. The highest BCUT2D eigenvalue weighted by Gasteiger charge is 2.42. The van der Waals surface area contributed by atoms with E-state index in [-0.39, 0.29) is 29.1 Å². The molecule has 4 rings (SSSR count). The molecule has 1 aromatic carbocycles. The van der Waals surface area contributed by atoms with Crippen LogP contribution < -0.4 is 0 Å². The average molecular weight is 421 g/mol. The van der Waals surface area contributed by atoms with E-state index in [0.29, 0.717) is 30.6 Å². The molecule has 2 aliphatic heterocycles. The van der Waals surface area contributed by atoms with Gasteiger partial charge in [0, 0.05) is 30.7 Å². The lowest BCUT2D eigenvalue weighted by Gasteiger charge is -2.34. The van der Waals surface area contributed by atoms with E-state index in [1.54, 1.807) is 24.3 Å². The average Bonchev–Trinajstić information content (AvgIpc) is 3.02. The van der Waals surface area contributed by atoms with Crippen molar-refractivity contribution in [3.63, 3.8) is 0 Å². The molecule has 1 aliphatic carbocycles. The van der Waals surface area contributed by atoms with Crippen molar-refractivity contribution in [2.75, 3.05) is 13.1 Å². The van der Waals surface area contributed by atoms with Crippen LogP contribution in [0.1, 0.15) is 63.2 Å². The molecule has 6 nitrogen and oxygen atoms in total. The molecule has 160 valence electrons. The minimum atomic E-state index is -3.59. The minimum absolute atomic E-state index is 0.0319. The van der Waals surface area contributed by atoms with E-state index in [1.165, 1.54) is 23.6 Å². The summed E-state index contributed by atoms with van der Waals surface area (Å²) in [6.07, 6.45) is 5.57. The van der Waals surface area contributed by atoms with Crippen LogP contribution in [0.3, 0.4) is 0 Å². The fourth-order valence-electron chi connectivity index (χ4n) is 5.45. The van der Waals surface area contributed by atoms with Crippen LogP contribution in [-0.2, 0) is 14.8 Å². The second-order valence-electron chi connectivity index (χ2n) is 9.01. The van der Waals surface area contributed by atoms with Crippen molar-refractivity contribution >= 4 is 15.9 Å². The van der Waals surface area contributed by atoms with Crippen molar-refractivity contribution in [1.29, 1.82) is 0 Å². The molecular weight excluding hydrogens is 388 g/mol. The molecule has 5 unspecified atom stereocenters. The number of carbonyl (C=O) groups is 1. The van der Waals surface area contributed by atoms with Crippen LogP contribution in [0.2, 0.25) is 0 Å². The Morgan fingerprint density at radius 1 is 1.00 bits per heavy atom. The first kappa shape index (κ1) is 20.8. The zero-order valence-electron chi connectivity index (χ0n) is 17.6. The highest BCUT2D eigenvalue weighted by molar-refractivity contribution is 7.89. The molecular formula is C22H32N2O4S. The number of hydrogen-bond donors (Lipinski definition) is 0. The zero-order valence-corrected chi connectivity index (χ0v) is 18.4. The second-order valence-corrected chi connectivity index (χ2v) is 11.0. The number of ether oxygens (including phenoxy) is 1. The molecule has 29 heavy (non-hydrogen) atoms. The predicted octanol–water partition coefficient (Wildman–Crippen LogP) is 3.28. The number of rotatable bonds is 3. The first-order chi connectivity index (χ1) is 13.8. The van der Waals surface area contributed by atoms with Crippen LogP contribution in [0.4, 0.5) is 0 Å². The lowest BCUT2D eigenvalue weighted by Crippen LogP contribution is -2.48. The maximum Gasteiger partial charge on any atom is 0.254 e. The molecule has 1 aromatic rings. The van der Waals surface area contributed by atoms with E-state index < -0.39 is 10.0 Å². The molecule has 1 amide bonds. The Balaban J connectivity index is 1.52. The summed E-state index contributed by atoms with van der Waals surface area (Å²) in [5.41, 5.74) is 0.575. The third-order valence-corrected chi connectivity index (χ3v) is 8.55. The maximum atomic E-state index is 13.2. The molecule has 2 heterocycles. The highest BCUT2D eigenvalue weighted by atomic mass is 32.2. The Hall–Kier alpha value is -1.44. The number of carbonyl (C=O) groups excluding carboxylic acids is 1.